The normalized spacial score (nSPS) is 11.2. The second kappa shape index (κ2) is 7.48. The molecule has 2 aromatic carbocycles. The molecule has 5 nitrogen and oxygen atoms in total. The summed E-state index contributed by atoms with van der Waals surface area (Å²) in [6.07, 6.45) is 0.571. The first-order chi connectivity index (χ1) is 11.2. The van der Waals surface area contributed by atoms with Gasteiger partial charge in [0.1, 0.15) is 0 Å². The highest BCUT2D eigenvalue weighted by Crippen LogP contribution is 2.23. The van der Waals surface area contributed by atoms with Crippen molar-refractivity contribution < 1.29 is 9.72 Å². The highest BCUT2D eigenvalue weighted by molar-refractivity contribution is 14.1. The third kappa shape index (κ3) is 4.67. The van der Waals surface area contributed by atoms with Crippen molar-refractivity contribution in [2.24, 2.45) is 0 Å². The number of hydrogen-bond acceptors (Lipinski definition) is 3. The van der Waals surface area contributed by atoms with Crippen LogP contribution in [0.1, 0.15) is 29.8 Å². The number of halogens is 2. The number of rotatable bonds is 5. The first kappa shape index (κ1) is 18.7. The number of nitrogens with one attached hydrogen (secondary N) is 1. The van der Waals surface area contributed by atoms with E-state index in [1.54, 1.807) is 0 Å². The Morgan fingerprint density at radius 1 is 1.29 bits per heavy atom. The van der Waals surface area contributed by atoms with E-state index in [1.165, 1.54) is 18.2 Å². The van der Waals surface area contributed by atoms with Crippen LogP contribution in [0.15, 0.2) is 42.5 Å². The number of nitro groups is 1. The molecule has 126 valence electrons. The van der Waals surface area contributed by atoms with Crippen molar-refractivity contribution in [3.05, 3.63) is 72.3 Å². The van der Waals surface area contributed by atoms with Crippen LogP contribution in [0.5, 0.6) is 0 Å². The van der Waals surface area contributed by atoms with Crippen molar-refractivity contribution in [1.29, 1.82) is 0 Å². The molecule has 1 N–H and O–H groups in total. The number of nitrogens with zero attached hydrogens (tertiary/aromatic N) is 1. The third-order valence-corrected chi connectivity index (χ3v) is 4.71. The van der Waals surface area contributed by atoms with Crippen LogP contribution in [0, 0.1) is 13.7 Å². The Labute approximate surface area is 158 Å². The minimum absolute atomic E-state index is 0.0359. The van der Waals surface area contributed by atoms with E-state index >= 15 is 0 Å². The Bertz CT molecular complexity index is 793. The predicted molar refractivity (Wildman–Crippen MR) is 103 cm³/mol. The van der Waals surface area contributed by atoms with Gasteiger partial charge in [-0.1, -0.05) is 29.8 Å². The number of carbonyl (C=O) groups excluding carboxylic acids is 1. The van der Waals surface area contributed by atoms with Crippen LogP contribution in [0.3, 0.4) is 0 Å². The quantitative estimate of drug-likeness (QED) is 0.404. The maximum absolute atomic E-state index is 12.5. The molecular formula is C17H16ClIN2O3. The van der Waals surface area contributed by atoms with E-state index in [4.69, 9.17) is 11.6 Å². The highest BCUT2D eigenvalue weighted by atomic mass is 127. The molecule has 0 spiro atoms. The fourth-order valence-corrected chi connectivity index (χ4v) is 3.28. The second-order valence-electron chi connectivity index (χ2n) is 6.03. The van der Waals surface area contributed by atoms with Crippen molar-refractivity contribution in [3.63, 3.8) is 0 Å². The van der Waals surface area contributed by atoms with Crippen molar-refractivity contribution in [2.45, 2.75) is 25.8 Å². The van der Waals surface area contributed by atoms with Crippen LogP contribution in [0.2, 0.25) is 5.02 Å². The fraction of sp³-hybridized carbons (Fsp3) is 0.235. The molecule has 2 aromatic rings. The molecular weight excluding hydrogens is 443 g/mol. The zero-order valence-electron chi connectivity index (χ0n) is 13.2. The van der Waals surface area contributed by atoms with E-state index in [9.17, 15) is 14.9 Å². The van der Waals surface area contributed by atoms with Crippen LogP contribution in [-0.2, 0) is 6.42 Å². The van der Waals surface area contributed by atoms with Crippen LogP contribution in [0.25, 0.3) is 0 Å². The molecule has 0 saturated heterocycles. The molecule has 0 aliphatic heterocycles. The molecule has 0 unspecified atom stereocenters. The molecule has 24 heavy (non-hydrogen) atoms. The lowest BCUT2D eigenvalue weighted by Gasteiger charge is -2.27. The van der Waals surface area contributed by atoms with Crippen LogP contribution in [-0.4, -0.2) is 16.4 Å². The molecule has 0 aromatic heterocycles. The molecule has 0 heterocycles. The maximum Gasteiger partial charge on any atom is 0.270 e. The molecule has 0 aliphatic carbocycles. The van der Waals surface area contributed by atoms with Gasteiger partial charge in [-0.2, -0.15) is 0 Å². The van der Waals surface area contributed by atoms with Crippen LogP contribution < -0.4 is 5.32 Å². The zero-order valence-corrected chi connectivity index (χ0v) is 16.1. The zero-order chi connectivity index (χ0) is 17.9. The monoisotopic (exact) mass is 458 g/mol. The van der Waals surface area contributed by atoms with Gasteiger partial charge in [0.05, 0.1) is 10.5 Å². The molecule has 0 atom stereocenters. The van der Waals surface area contributed by atoms with Gasteiger partial charge in [0.2, 0.25) is 0 Å². The van der Waals surface area contributed by atoms with Crippen LogP contribution >= 0.6 is 34.2 Å². The van der Waals surface area contributed by atoms with E-state index in [0.717, 1.165) is 5.56 Å². The van der Waals surface area contributed by atoms with Crippen LogP contribution in [0.4, 0.5) is 5.69 Å². The lowest BCUT2D eigenvalue weighted by molar-refractivity contribution is -0.384. The Morgan fingerprint density at radius 2 is 1.96 bits per heavy atom. The van der Waals surface area contributed by atoms with Crippen molar-refractivity contribution in [2.75, 3.05) is 0 Å². The average Bonchev–Trinajstić information content (AvgIpc) is 2.48. The Hall–Kier alpha value is -1.67. The highest BCUT2D eigenvalue weighted by Gasteiger charge is 2.24. The Morgan fingerprint density at radius 3 is 2.54 bits per heavy atom. The van der Waals surface area contributed by atoms with Gasteiger partial charge in [-0.15, -0.1) is 0 Å². The van der Waals surface area contributed by atoms with Gasteiger partial charge in [0, 0.05) is 26.3 Å². The SMILES string of the molecule is CC(C)(Cc1ccccc1Cl)NC(=O)c1ccc([N+](=O)[O-])cc1I. The first-order valence-electron chi connectivity index (χ1n) is 7.19. The number of nitro benzene ring substituents is 1. The van der Waals surface area contributed by atoms with Gasteiger partial charge in [-0.3, -0.25) is 14.9 Å². The van der Waals surface area contributed by atoms with Crippen molar-refractivity contribution in [3.8, 4) is 0 Å². The van der Waals surface area contributed by atoms with E-state index in [0.29, 0.717) is 20.6 Å². The summed E-state index contributed by atoms with van der Waals surface area (Å²) in [5.74, 6) is -0.272. The number of non-ortho nitro benzene ring substituents is 1. The number of hydrogen-bond donors (Lipinski definition) is 1. The molecule has 0 radical (unpaired) electrons. The fourth-order valence-electron chi connectivity index (χ4n) is 2.34. The lowest BCUT2D eigenvalue weighted by Crippen LogP contribution is -2.45. The Kier molecular flexibility index (Phi) is 5.82. The number of amides is 1. The van der Waals surface area contributed by atoms with Gasteiger partial charge in [-0.05, 0) is 60.6 Å². The standard InChI is InChI=1S/C17H16ClIN2O3/c1-17(2,10-11-5-3-4-6-14(11)18)20-16(22)13-8-7-12(21(23)24)9-15(13)19/h3-9H,10H2,1-2H3,(H,20,22). The molecule has 0 saturated carbocycles. The summed E-state index contributed by atoms with van der Waals surface area (Å²) in [5.41, 5.74) is 0.801. The van der Waals surface area contributed by atoms with E-state index in [2.05, 4.69) is 5.32 Å². The summed E-state index contributed by atoms with van der Waals surface area (Å²) in [5, 5.41) is 14.4. The van der Waals surface area contributed by atoms with E-state index < -0.39 is 10.5 Å². The van der Waals surface area contributed by atoms with E-state index in [-0.39, 0.29) is 11.6 Å². The van der Waals surface area contributed by atoms with E-state index in [1.807, 2.05) is 60.7 Å². The average molecular weight is 459 g/mol. The molecule has 0 bridgehead atoms. The van der Waals surface area contributed by atoms with Crippen molar-refractivity contribution in [1.82, 2.24) is 5.32 Å². The summed E-state index contributed by atoms with van der Waals surface area (Å²) in [6.45, 7) is 3.82. The third-order valence-electron chi connectivity index (χ3n) is 3.45. The summed E-state index contributed by atoms with van der Waals surface area (Å²) in [4.78, 5) is 22.8. The summed E-state index contributed by atoms with van der Waals surface area (Å²) >= 11 is 8.11. The van der Waals surface area contributed by atoms with Gasteiger partial charge in [0.15, 0.2) is 0 Å². The molecule has 0 fully saturated rings. The maximum atomic E-state index is 12.5. The van der Waals surface area contributed by atoms with Gasteiger partial charge in [0.25, 0.3) is 11.6 Å². The molecule has 1 amide bonds. The topological polar surface area (TPSA) is 72.2 Å². The van der Waals surface area contributed by atoms with Gasteiger partial charge < -0.3 is 5.32 Å². The van der Waals surface area contributed by atoms with Gasteiger partial charge >= 0.3 is 0 Å². The smallest absolute Gasteiger partial charge is 0.270 e. The lowest BCUT2D eigenvalue weighted by atomic mass is 9.94. The predicted octanol–water partition coefficient (Wildman–Crippen LogP) is 4.60. The minimum Gasteiger partial charge on any atom is -0.347 e. The number of benzene rings is 2. The van der Waals surface area contributed by atoms with Gasteiger partial charge in [-0.25, -0.2) is 0 Å². The summed E-state index contributed by atoms with van der Waals surface area (Å²) in [7, 11) is 0. The Balaban J connectivity index is 2.16. The van der Waals surface area contributed by atoms with Crippen molar-refractivity contribution >= 4 is 45.8 Å². The molecule has 7 heteroatoms. The summed E-state index contributed by atoms with van der Waals surface area (Å²) in [6, 6.07) is 11.7. The molecule has 0 aliphatic rings. The summed E-state index contributed by atoms with van der Waals surface area (Å²) < 4.78 is 0.535. The number of carbonyl (C=O) groups is 1. The minimum atomic E-state index is -0.521. The second-order valence-corrected chi connectivity index (χ2v) is 7.60. The molecule has 2 rings (SSSR count). The first-order valence-corrected chi connectivity index (χ1v) is 8.65. The largest absolute Gasteiger partial charge is 0.347 e.